The van der Waals surface area contributed by atoms with E-state index in [-0.39, 0.29) is 5.92 Å². The molecule has 3 heteroatoms. The SMILES string of the molecule is COc1ccc(C(C=O)(CCCN2CCC(=Cc3ccc(C)cc3)CC2)C(C)C)cc1. The number of methoxy groups -OCH3 is 1. The molecule has 1 aliphatic rings. The molecule has 166 valence electrons. The number of hydrogen-bond acceptors (Lipinski definition) is 3. The van der Waals surface area contributed by atoms with E-state index < -0.39 is 5.41 Å². The molecule has 0 N–H and O–H groups in total. The first-order valence-electron chi connectivity index (χ1n) is 11.6. The van der Waals surface area contributed by atoms with Crippen molar-refractivity contribution in [1.82, 2.24) is 4.90 Å². The van der Waals surface area contributed by atoms with Crippen LogP contribution in [0.15, 0.2) is 54.1 Å². The van der Waals surface area contributed by atoms with Crippen LogP contribution in [0.2, 0.25) is 0 Å². The summed E-state index contributed by atoms with van der Waals surface area (Å²) in [6.07, 6.45) is 7.71. The predicted molar refractivity (Wildman–Crippen MR) is 130 cm³/mol. The Morgan fingerprint density at radius 3 is 2.23 bits per heavy atom. The van der Waals surface area contributed by atoms with Gasteiger partial charge in [0.05, 0.1) is 12.5 Å². The summed E-state index contributed by atoms with van der Waals surface area (Å²) in [5.41, 5.74) is 4.82. The predicted octanol–water partition coefficient (Wildman–Crippen LogP) is 6.06. The van der Waals surface area contributed by atoms with Crippen molar-refractivity contribution in [2.45, 2.75) is 51.9 Å². The molecule has 1 fully saturated rings. The standard InChI is InChI=1S/C28H37NO2/c1-22(2)28(21-30,26-10-12-27(31-4)13-11-26)16-5-17-29-18-14-25(15-19-29)20-24-8-6-23(3)7-9-24/h6-13,20-22H,5,14-19H2,1-4H3. The summed E-state index contributed by atoms with van der Waals surface area (Å²) in [6, 6.07) is 16.8. The molecule has 0 aromatic heterocycles. The number of nitrogens with zero attached hydrogens (tertiary/aromatic N) is 1. The van der Waals surface area contributed by atoms with E-state index in [0.717, 1.165) is 56.6 Å². The highest BCUT2D eigenvalue weighted by molar-refractivity contribution is 5.69. The van der Waals surface area contributed by atoms with Crippen LogP contribution in [0.4, 0.5) is 0 Å². The molecule has 1 heterocycles. The number of piperidine rings is 1. The molecular weight excluding hydrogens is 382 g/mol. The van der Waals surface area contributed by atoms with Gasteiger partial charge in [0.25, 0.3) is 0 Å². The van der Waals surface area contributed by atoms with Crippen molar-refractivity contribution >= 4 is 12.4 Å². The molecule has 2 aromatic rings. The molecule has 0 bridgehead atoms. The normalized spacial score (nSPS) is 16.7. The summed E-state index contributed by atoms with van der Waals surface area (Å²) in [5, 5.41) is 0. The number of ether oxygens (including phenoxy) is 1. The third kappa shape index (κ3) is 5.86. The Bertz CT molecular complexity index is 857. The second-order valence-corrected chi connectivity index (χ2v) is 9.20. The number of aldehydes is 1. The zero-order valence-electron chi connectivity index (χ0n) is 19.6. The summed E-state index contributed by atoms with van der Waals surface area (Å²) < 4.78 is 5.29. The van der Waals surface area contributed by atoms with E-state index in [9.17, 15) is 4.79 Å². The molecule has 1 aliphatic heterocycles. The highest BCUT2D eigenvalue weighted by Gasteiger charge is 2.35. The summed E-state index contributed by atoms with van der Waals surface area (Å²) in [4.78, 5) is 14.8. The fourth-order valence-corrected chi connectivity index (χ4v) is 4.63. The second-order valence-electron chi connectivity index (χ2n) is 9.20. The Labute approximate surface area is 188 Å². The first-order valence-corrected chi connectivity index (χ1v) is 11.6. The van der Waals surface area contributed by atoms with Gasteiger partial charge in [0, 0.05) is 13.1 Å². The molecule has 1 saturated heterocycles. The highest BCUT2D eigenvalue weighted by atomic mass is 16.5. The maximum absolute atomic E-state index is 12.3. The van der Waals surface area contributed by atoms with Crippen LogP contribution >= 0.6 is 0 Å². The van der Waals surface area contributed by atoms with Gasteiger partial charge in [0.2, 0.25) is 0 Å². The smallest absolute Gasteiger partial charge is 0.130 e. The summed E-state index contributed by atoms with van der Waals surface area (Å²) in [7, 11) is 1.67. The number of benzene rings is 2. The molecule has 1 atom stereocenters. The van der Waals surface area contributed by atoms with E-state index in [4.69, 9.17) is 4.74 Å². The molecule has 3 nitrogen and oxygen atoms in total. The molecule has 2 aromatic carbocycles. The van der Waals surface area contributed by atoms with Crippen molar-refractivity contribution < 1.29 is 9.53 Å². The summed E-state index contributed by atoms with van der Waals surface area (Å²) >= 11 is 0. The van der Waals surface area contributed by atoms with Gasteiger partial charge in [-0.3, -0.25) is 0 Å². The number of rotatable bonds is 9. The van der Waals surface area contributed by atoms with Gasteiger partial charge >= 0.3 is 0 Å². The Kier molecular flexibility index (Phi) is 8.09. The minimum absolute atomic E-state index is 0.254. The van der Waals surface area contributed by atoms with Crippen molar-refractivity contribution in [3.8, 4) is 5.75 Å². The van der Waals surface area contributed by atoms with Crippen molar-refractivity contribution in [2.75, 3.05) is 26.7 Å². The van der Waals surface area contributed by atoms with Crippen molar-refractivity contribution in [2.24, 2.45) is 5.92 Å². The summed E-state index contributed by atoms with van der Waals surface area (Å²) in [5.74, 6) is 1.08. The third-order valence-electron chi connectivity index (χ3n) is 6.88. The van der Waals surface area contributed by atoms with E-state index >= 15 is 0 Å². The number of hydrogen-bond donors (Lipinski definition) is 0. The van der Waals surface area contributed by atoms with Crippen LogP contribution in [0.1, 0.15) is 56.2 Å². The lowest BCUT2D eigenvalue weighted by molar-refractivity contribution is -0.114. The number of carbonyl (C=O) groups excluding carboxylic acids is 1. The van der Waals surface area contributed by atoms with Gasteiger partial charge in [-0.1, -0.05) is 67.5 Å². The van der Waals surface area contributed by atoms with Crippen LogP contribution in [0, 0.1) is 12.8 Å². The minimum atomic E-state index is -0.432. The zero-order chi connectivity index (χ0) is 22.3. The molecule has 3 rings (SSSR count). The van der Waals surface area contributed by atoms with Crippen molar-refractivity contribution in [1.29, 1.82) is 0 Å². The minimum Gasteiger partial charge on any atom is -0.497 e. The van der Waals surface area contributed by atoms with E-state index in [1.807, 2.05) is 12.1 Å². The van der Waals surface area contributed by atoms with E-state index in [1.165, 1.54) is 17.4 Å². The average molecular weight is 420 g/mol. The van der Waals surface area contributed by atoms with E-state index in [2.05, 4.69) is 68.1 Å². The van der Waals surface area contributed by atoms with Gasteiger partial charge in [-0.25, -0.2) is 0 Å². The Morgan fingerprint density at radius 1 is 1.03 bits per heavy atom. The van der Waals surface area contributed by atoms with Crippen LogP contribution in [0.25, 0.3) is 6.08 Å². The van der Waals surface area contributed by atoms with Crippen LogP contribution in [-0.2, 0) is 10.2 Å². The van der Waals surface area contributed by atoms with Crippen LogP contribution in [0.5, 0.6) is 5.75 Å². The largest absolute Gasteiger partial charge is 0.497 e. The van der Waals surface area contributed by atoms with Crippen molar-refractivity contribution in [3.63, 3.8) is 0 Å². The highest BCUT2D eigenvalue weighted by Crippen LogP contribution is 2.36. The van der Waals surface area contributed by atoms with Gasteiger partial charge in [0.1, 0.15) is 12.0 Å². The second kappa shape index (κ2) is 10.8. The fraction of sp³-hybridized carbons (Fsp3) is 0.464. The first-order chi connectivity index (χ1) is 15.0. The molecule has 1 unspecified atom stereocenters. The quantitative estimate of drug-likeness (QED) is 0.463. The molecule has 0 radical (unpaired) electrons. The van der Waals surface area contributed by atoms with E-state index in [0.29, 0.717) is 0 Å². The first kappa shape index (κ1) is 23.3. The van der Waals surface area contributed by atoms with E-state index in [1.54, 1.807) is 12.7 Å². The van der Waals surface area contributed by atoms with Gasteiger partial charge in [-0.15, -0.1) is 0 Å². The van der Waals surface area contributed by atoms with Gasteiger partial charge in [-0.2, -0.15) is 0 Å². The zero-order valence-corrected chi connectivity index (χ0v) is 19.6. The molecule has 0 aliphatic carbocycles. The fourth-order valence-electron chi connectivity index (χ4n) is 4.63. The number of likely N-dealkylation sites (tertiary alicyclic amines) is 1. The summed E-state index contributed by atoms with van der Waals surface area (Å²) in [6.45, 7) is 9.70. The van der Waals surface area contributed by atoms with Crippen LogP contribution in [-0.4, -0.2) is 37.9 Å². The van der Waals surface area contributed by atoms with Gasteiger partial charge in [-0.05, 0) is 68.3 Å². The topological polar surface area (TPSA) is 29.5 Å². The number of aryl methyl sites for hydroxylation is 1. The molecule has 0 spiro atoms. The van der Waals surface area contributed by atoms with Gasteiger partial charge in [0.15, 0.2) is 0 Å². The van der Waals surface area contributed by atoms with Gasteiger partial charge < -0.3 is 14.4 Å². The monoisotopic (exact) mass is 419 g/mol. The maximum atomic E-state index is 12.3. The van der Waals surface area contributed by atoms with Crippen molar-refractivity contribution in [3.05, 3.63) is 70.8 Å². The Morgan fingerprint density at radius 2 is 1.68 bits per heavy atom. The number of carbonyl (C=O) groups is 1. The Balaban J connectivity index is 1.55. The lowest BCUT2D eigenvalue weighted by Crippen LogP contribution is -2.37. The van der Waals surface area contributed by atoms with Crippen LogP contribution < -0.4 is 4.74 Å². The third-order valence-corrected chi connectivity index (χ3v) is 6.88. The lowest BCUT2D eigenvalue weighted by atomic mass is 9.70. The molecule has 0 saturated carbocycles. The molecular formula is C28H37NO2. The average Bonchev–Trinajstić information content (AvgIpc) is 2.79. The molecule has 31 heavy (non-hydrogen) atoms. The molecule has 0 amide bonds. The van der Waals surface area contributed by atoms with Crippen LogP contribution in [0.3, 0.4) is 0 Å². The lowest BCUT2D eigenvalue weighted by Gasteiger charge is -2.35. The maximum Gasteiger partial charge on any atom is 0.130 e. The Hall–Kier alpha value is -2.39.